The van der Waals surface area contributed by atoms with Gasteiger partial charge in [-0.15, -0.1) is 0 Å². The summed E-state index contributed by atoms with van der Waals surface area (Å²) in [5.41, 5.74) is 4.13. The Labute approximate surface area is 146 Å². The van der Waals surface area contributed by atoms with Gasteiger partial charge in [-0.3, -0.25) is 0 Å². The maximum Gasteiger partial charge on any atom is 0.336 e. The first-order valence-corrected chi connectivity index (χ1v) is 8.42. The Bertz CT molecular complexity index is 705. The first-order valence-electron chi connectivity index (χ1n) is 7.63. The van der Waals surface area contributed by atoms with Crippen LogP contribution in [0.2, 0.25) is 0 Å². The minimum Gasteiger partial charge on any atom is -0.423 e. The smallest absolute Gasteiger partial charge is 0.336 e. The molecule has 0 saturated heterocycles. The zero-order chi connectivity index (χ0) is 17.0. The fraction of sp³-hybridized carbons (Fsp3) is 0.250. The van der Waals surface area contributed by atoms with Crippen molar-refractivity contribution >= 4 is 28.0 Å². The molecule has 0 atom stereocenters. The molecule has 2 rings (SSSR count). The Kier molecular flexibility index (Phi) is 5.78. The molecule has 2 aromatic rings. The maximum atomic E-state index is 12.0. The quantitative estimate of drug-likeness (QED) is 0.384. The summed E-state index contributed by atoms with van der Waals surface area (Å²) in [6, 6.07) is 12.1. The Balaban J connectivity index is 2.07. The first kappa shape index (κ1) is 17.5. The molecule has 2 nitrogen and oxygen atoms in total. The van der Waals surface area contributed by atoms with Crippen LogP contribution >= 0.6 is 15.9 Å². The number of ether oxygens (including phenoxy) is 1. The molecule has 0 aromatic heterocycles. The van der Waals surface area contributed by atoms with Crippen LogP contribution in [-0.4, -0.2) is 5.97 Å². The molecule has 2 aromatic carbocycles. The van der Waals surface area contributed by atoms with E-state index < -0.39 is 0 Å². The van der Waals surface area contributed by atoms with E-state index in [-0.39, 0.29) is 5.97 Å². The number of esters is 1. The van der Waals surface area contributed by atoms with Crippen LogP contribution in [-0.2, 0) is 4.79 Å². The Hall–Kier alpha value is -1.87. The average Bonchev–Trinajstić information content (AvgIpc) is 2.49. The standard InChI is InChI=1S/C20H21BrO2/c1-13(2)17-8-5-16(6-9-17)7-10-19(22)23-20-14(3)11-18(21)12-15(20)4/h5-13H,1-4H3/b10-7+. The third-order valence-corrected chi connectivity index (χ3v) is 4.10. The highest BCUT2D eigenvalue weighted by Crippen LogP contribution is 2.27. The fourth-order valence-electron chi connectivity index (χ4n) is 2.35. The zero-order valence-electron chi connectivity index (χ0n) is 13.9. The largest absolute Gasteiger partial charge is 0.423 e. The zero-order valence-corrected chi connectivity index (χ0v) is 15.5. The lowest BCUT2D eigenvalue weighted by atomic mass is 10.0. The maximum absolute atomic E-state index is 12.0. The molecule has 0 saturated carbocycles. The molecule has 0 amide bonds. The lowest BCUT2D eigenvalue weighted by Crippen LogP contribution is -2.06. The van der Waals surface area contributed by atoms with Crippen molar-refractivity contribution in [3.05, 3.63) is 69.2 Å². The molecular weight excluding hydrogens is 352 g/mol. The number of hydrogen-bond donors (Lipinski definition) is 0. The SMILES string of the molecule is Cc1cc(Br)cc(C)c1OC(=O)/C=C/c1ccc(C(C)C)cc1. The number of hydrogen-bond acceptors (Lipinski definition) is 2. The van der Waals surface area contributed by atoms with Gasteiger partial charge in [-0.2, -0.15) is 0 Å². The number of benzene rings is 2. The summed E-state index contributed by atoms with van der Waals surface area (Å²) < 4.78 is 6.45. The minimum atomic E-state index is -0.369. The van der Waals surface area contributed by atoms with E-state index in [1.54, 1.807) is 6.08 Å². The molecule has 0 spiro atoms. The molecule has 120 valence electrons. The third-order valence-electron chi connectivity index (χ3n) is 3.64. The topological polar surface area (TPSA) is 26.3 Å². The van der Waals surface area contributed by atoms with Gasteiger partial charge in [0.1, 0.15) is 5.75 Å². The summed E-state index contributed by atoms with van der Waals surface area (Å²) in [6.07, 6.45) is 3.24. The summed E-state index contributed by atoms with van der Waals surface area (Å²) >= 11 is 3.44. The predicted molar refractivity (Wildman–Crippen MR) is 98.8 cm³/mol. The van der Waals surface area contributed by atoms with Crippen molar-refractivity contribution in [1.29, 1.82) is 0 Å². The molecule has 0 unspecified atom stereocenters. The van der Waals surface area contributed by atoms with E-state index in [0.29, 0.717) is 11.7 Å². The van der Waals surface area contributed by atoms with Gasteiger partial charge in [0.25, 0.3) is 0 Å². The first-order chi connectivity index (χ1) is 10.9. The van der Waals surface area contributed by atoms with Crippen LogP contribution in [0, 0.1) is 13.8 Å². The van der Waals surface area contributed by atoms with Crippen molar-refractivity contribution in [2.24, 2.45) is 0 Å². The van der Waals surface area contributed by atoms with Crippen LogP contribution in [0.5, 0.6) is 5.75 Å². The van der Waals surface area contributed by atoms with Crippen molar-refractivity contribution in [2.75, 3.05) is 0 Å². The van der Waals surface area contributed by atoms with E-state index in [4.69, 9.17) is 4.74 Å². The second kappa shape index (κ2) is 7.60. The second-order valence-electron chi connectivity index (χ2n) is 5.94. The van der Waals surface area contributed by atoms with Crippen LogP contribution in [0.4, 0.5) is 0 Å². The summed E-state index contributed by atoms with van der Waals surface area (Å²) in [6.45, 7) is 8.17. The summed E-state index contributed by atoms with van der Waals surface area (Å²) in [5.74, 6) is 0.755. The Morgan fingerprint density at radius 2 is 1.65 bits per heavy atom. The van der Waals surface area contributed by atoms with Crippen molar-refractivity contribution in [3.63, 3.8) is 0 Å². The van der Waals surface area contributed by atoms with Gasteiger partial charge in [0.2, 0.25) is 0 Å². The van der Waals surface area contributed by atoms with Gasteiger partial charge >= 0.3 is 5.97 Å². The molecular formula is C20H21BrO2. The van der Waals surface area contributed by atoms with Gasteiger partial charge in [0, 0.05) is 10.5 Å². The van der Waals surface area contributed by atoms with Gasteiger partial charge < -0.3 is 4.74 Å². The summed E-state index contributed by atoms with van der Waals surface area (Å²) in [4.78, 5) is 12.0. The van der Waals surface area contributed by atoms with Gasteiger partial charge in [0.15, 0.2) is 0 Å². The summed E-state index contributed by atoms with van der Waals surface area (Å²) in [7, 11) is 0. The van der Waals surface area contributed by atoms with Crippen molar-refractivity contribution in [3.8, 4) is 5.75 Å². The lowest BCUT2D eigenvalue weighted by molar-refractivity contribution is -0.129. The number of carbonyl (C=O) groups excluding carboxylic acids is 1. The average molecular weight is 373 g/mol. The van der Waals surface area contributed by atoms with Crippen molar-refractivity contribution in [2.45, 2.75) is 33.6 Å². The van der Waals surface area contributed by atoms with E-state index in [0.717, 1.165) is 21.2 Å². The highest BCUT2D eigenvalue weighted by Gasteiger charge is 2.09. The fourth-order valence-corrected chi connectivity index (χ4v) is 3.04. The number of rotatable bonds is 4. The molecule has 0 aliphatic heterocycles. The molecule has 0 fully saturated rings. The minimum absolute atomic E-state index is 0.369. The Morgan fingerprint density at radius 3 is 2.17 bits per heavy atom. The van der Waals surface area contributed by atoms with Crippen LogP contribution in [0.15, 0.2) is 46.9 Å². The van der Waals surface area contributed by atoms with Crippen LogP contribution < -0.4 is 4.74 Å². The molecule has 23 heavy (non-hydrogen) atoms. The molecule has 0 aliphatic rings. The molecule has 0 radical (unpaired) electrons. The number of halogens is 1. The molecule has 0 N–H and O–H groups in total. The third kappa shape index (κ3) is 4.80. The van der Waals surface area contributed by atoms with Gasteiger partial charge in [-0.1, -0.05) is 54.0 Å². The molecule has 0 aliphatic carbocycles. The van der Waals surface area contributed by atoms with Crippen LogP contribution in [0.25, 0.3) is 6.08 Å². The van der Waals surface area contributed by atoms with Crippen LogP contribution in [0.1, 0.15) is 42.0 Å². The van der Waals surface area contributed by atoms with Crippen molar-refractivity contribution in [1.82, 2.24) is 0 Å². The molecule has 0 bridgehead atoms. The number of carbonyl (C=O) groups is 1. The van der Waals surface area contributed by atoms with E-state index in [2.05, 4.69) is 41.9 Å². The van der Waals surface area contributed by atoms with Gasteiger partial charge in [-0.05, 0) is 60.2 Å². The van der Waals surface area contributed by atoms with Gasteiger partial charge in [-0.25, -0.2) is 4.79 Å². The Morgan fingerprint density at radius 1 is 1.09 bits per heavy atom. The monoisotopic (exact) mass is 372 g/mol. The highest BCUT2D eigenvalue weighted by atomic mass is 79.9. The van der Waals surface area contributed by atoms with E-state index in [1.807, 2.05) is 38.1 Å². The van der Waals surface area contributed by atoms with E-state index >= 15 is 0 Å². The van der Waals surface area contributed by atoms with Gasteiger partial charge in [0.05, 0.1) is 0 Å². The highest BCUT2D eigenvalue weighted by molar-refractivity contribution is 9.10. The molecule has 3 heteroatoms. The normalized spacial score (nSPS) is 11.2. The van der Waals surface area contributed by atoms with Crippen LogP contribution in [0.3, 0.4) is 0 Å². The van der Waals surface area contributed by atoms with E-state index in [1.165, 1.54) is 11.6 Å². The molecule has 0 heterocycles. The number of aryl methyl sites for hydroxylation is 2. The van der Waals surface area contributed by atoms with E-state index in [9.17, 15) is 4.79 Å². The lowest BCUT2D eigenvalue weighted by Gasteiger charge is -2.09. The van der Waals surface area contributed by atoms with Crippen molar-refractivity contribution < 1.29 is 9.53 Å². The second-order valence-corrected chi connectivity index (χ2v) is 6.86. The predicted octanol–water partition coefficient (Wildman–Crippen LogP) is 5.81. The summed E-state index contributed by atoms with van der Waals surface area (Å²) in [5, 5.41) is 0.